The van der Waals surface area contributed by atoms with Crippen LogP contribution in [0.1, 0.15) is 21.5 Å². The van der Waals surface area contributed by atoms with Crippen LogP contribution in [0, 0.1) is 25.5 Å². The standard InChI is InChI=1S/C15H13BrF2N2O/c1-7-5-9(6-8(2)13(7)16)20-15(21)12-10(17)3-4-11(19)14(12)18/h3-6H,19H2,1-2H3,(H,20,21). The zero-order valence-corrected chi connectivity index (χ0v) is 13.0. The molecule has 0 unspecified atom stereocenters. The van der Waals surface area contributed by atoms with Crippen molar-refractivity contribution in [2.24, 2.45) is 0 Å². The molecule has 6 heteroatoms. The number of halogens is 3. The Kier molecular flexibility index (Phi) is 4.27. The molecule has 0 saturated heterocycles. The number of hydrogen-bond donors (Lipinski definition) is 2. The molecular formula is C15H13BrF2N2O. The lowest BCUT2D eigenvalue weighted by atomic mass is 10.1. The summed E-state index contributed by atoms with van der Waals surface area (Å²) < 4.78 is 28.4. The van der Waals surface area contributed by atoms with E-state index in [1.807, 2.05) is 13.8 Å². The number of anilines is 2. The Labute approximate surface area is 129 Å². The summed E-state index contributed by atoms with van der Waals surface area (Å²) in [6.07, 6.45) is 0. The summed E-state index contributed by atoms with van der Waals surface area (Å²) in [4.78, 5) is 12.1. The molecule has 0 radical (unpaired) electrons. The van der Waals surface area contributed by atoms with Gasteiger partial charge in [-0.3, -0.25) is 4.79 Å². The molecule has 0 bridgehead atoms. The van der Waals surface area contributed by atoms with Crippen LogP contribution in [0.3, 0.4) is 0 Å². The molecule has 0 aliphatic rings. The number of nitrogens with two attached hydrogens (primary N) is 1. The Bertz CT molecular complexity index is 709. The first kappa shape index (κ1) is 15.4. The summed E-state index contributed by atoms with van der Waals surface area (Å²) in [5.41, 5.74) is 6.66. The van der Waals surface area contributed by atoms with Crippen molar-refractivity contribution in [2.45, 2.75) is 13.8 Å². The highest BCUT2D eigenvalue weighted by atomic mass is 79.9. The van der Waals surface area contributed by atoms with Gasteiger partial charge in [-0.2, -0.15) is 0 Å². The SMILES string of the molecule is Cc1cc(NC(=O)c2c(F)ccc(N)c2F)cc(C)c1Br. The molecule has 0 fully saturated rings. The highest BCUT2D eigenvalue weighted by Gasteiger charge is 2.20. The van der Waals surface area contributed by atoms with Gasteiger partial charge in [0.2, 0.25) is 0 Å². The Morgan fingerprint density at radius 3 is 2.33 bits per heavy atom. The number of carbonyl (C=O) groups is 1. The molecule has 0 heterocycles. The molecule has 2 rings (SSSR count). The van der Waals surface area contributed by atoms with E-state index in [9.17, 15) is 13.6 Å². The van der Waals surface area contributed by atoms with E-state index in [-0.39, 0.29) is 5.69 Å². The van der Waals surface area contributed by atoms with Gasteiger partial charge >= 0.3 is 0 Å². The fraction of sp³-hybridized carbons (Fsp3) is 0.133. The van der Waals surface area contributed by atoms with Crippen molar-refractivity contribution in [2.75, 3.05) is 11.1 Å². The van der Waals surface area contributed by atoms with E-state index in [1.54, 1.807) is 12.1 Å². The largest absolute Gasteiger partial charge is 0.396 e. The molecule has 2 aromatic carbocycles. The lowest BCUT2D eigenvalue weighted by molar-refractivity contribution is 0.101. The van der Waals surface area contributed by atoms with Gasteiger partial charge in [0.15, 0.2) is 5.82 Å². The van der Waals surface area contributed by atoms with Crippen LogP contribution in [-0.2, 0) is 0 Å². The highest BCUT2D eigenvalue weighted by molar-refractivity contribution is 9.10. The van der Waals surface area contributed by atoms with Gasteiger partial charge in [-0.25, -0.2) is 8.78 Å². The maximum absolute atomic E-state index is 13.8. The molecule has 0 aromatic heterocycles. The number of hydrogen-bond acceptors (Lipinski definition) is 2. The van der Waals surface area contributed by atoms with Crippen molar-refractivity contribution in [3.63, 3.8) is 0 Å². The minimum absolute atomic E-state index is 0.273. The summed E-state index contributed by atoms with van der Waals surface area (Å²) in [6.45, 7) is 3.71. The van der Waals surface area contributed by atoms with Gasteiger partial charge in [0.25, 0.3) is 5.91 Å². The zero-order valence-electron chi connectivity index (χ0n) is 11.4. The second kappa shape index (κ2) is 5.81. The summed E-state index contributed by atoms with van der Waals surface area (Å²) in [7, 11) is 0. The van der Waals surface area contributed by atoms with Crippen LogP contribution in [0.15, 0.2) is 28.7 Å². The molecular weight excluding hydrogens is 342 g/mol. The predicted octanol–water partition coefficient (Wildman–Crippen LogP) is 4.18. The third-order valence-corrected chi connectivity index (χ3v) is 4.29. The molecule has 0 atom stereocenters. The molecule has 3 N–H and O–H groups in total. The number of nitrogen functional groups attached to an aromatic ring is 1. The van der Waals surface area contributed by atoms with Crippen LogP contribution >= 0.6 is 15.9 Å². The molecule has 2 aromatic rings. The van der Waals surface area contributed by atoms with Crippen molar-refractivity contribution in [3.8, 4) is 0 Å². The fourth-order valence-electron chi connectivity index (χ4n) is 1.99. The lowest BCUT2D eigenvalue weighted by Crippen LogP contribution is -2.17. The van der Waals surface area contributed by atoms with Gasteiger partial charge < -0.3 is 11.1 Å². The average molecular weight is 355 g/mol. The number of benzene rings is 2. The third-order valence-electron chi connectivity index (χ3n) is 3.04. The van der Waals surface area contributed by atoms with Crippen molar-refractivity contribution >= 4 is 33.2 Å². The minimum Gasteiger partial charge on any atom is -0.396 e. The molecule has 110 valence electrons. The quantitative estimate of drug-likeness (QED) is 0.794. The van der Waals surface area contributed by atoms with Crippen molar-refractivity contribution < 1.29 is 13.6 Å². The van der Waals surface area contributed by atoms with Crippen LogP contribution in [0.4, 0.5) is 20.2 Å². The van der Waals surface area contributed by atoms with Crippen LogP contribution in [0.2, 0.25) is 0 Å². The minimum atomic E-state index is -1.06. The molecule has 0 saturated carbocycles. The maximum atomic E-state index is 13.8. The van der Waals surface area contributed by atoms with Crippen LogP contribution in [-0.4, -0.2) is 5.91 Å². The Morgan fingerprint density at radius 1 is 1.19 bits per heavy atom. The van der Waals surface area contributed by atoms with E-state index in [2.05, 4.69) is 21.2 Å². The van der Waals surface area contributed by atoms with Gasteiger partial charge in [0.05, 0.1) is 5.69 Å². The topological polar surface area (TPSA) is 55.1 Å². The van der Waals surface area contributed by atoms with E-state index in [0.717, 1.165) is 27.7 Å². The summed E-state index contributed by atoms with van der Waals surface area (Å²) in [6, 6.07) is 5.45. The molecule has 1 amide bonds. The maximum Gasteiger partial charge on any atom is 0.261 e. The van der Waals surface area contributed by atoms with Crippen molar-refractivity contribution in [1.82, 2.24) is 0 Å². The highest BCUT2D eigenvalue weighted by Crippen LogP contribution is 2.26. The number of carbonyl (C=O) groups excluding carboxylic acids is 1. The second-order valence-corrected chi connectivity index (χ2v) is 5.50. The van der Waals surface area contributed by atoms with Crippen molar-refractivity contribution in [1.29, 1.82) is 0 Å². The van der Waals surface area contributed by atoms with Gasteiger partial charge in [-0.05, 0) is 49.2 Å². The number of nitrogens with one attached hydrogen (secondary N) is 1. The first-order valence-electron chi connectivity index (χ1n) is 6.13. The van der Waals surface area contributed by atoms with E-state index in [0.29, 0.717) is 5.69 Å². The van der Waals surface area contributed by atoms with Crippen molar-refractivity contribution in [3.05, 3.63) is 57.1 Å². The van der Waals surface area contributed by atoms with Gasteiger partial charge in [0.1, 0.15) is 11.4 Å². The lowest BCUT2D eigenvalue weighted by Gasteiger charge is -2.11. The fourth-order valence-corrected chi connectivity index (χ4v) is 2.22. The molecule has 0 aliphatic heterocycles. The van der Waals surface area contributed by atoms with Crippen LogP contribution < -0.4 is 11.1 Å². The second-order valence-electron chi connectivity index (χ2n) is 4.70. The first-order valence-corrected chi connectivity index (χ1v) is 6.92. The smallest absolute Gasteiger partial charge is 0.261 e. The van der Waals surface area contributed by atoms with E-state index < -0.39 is 23.1 Å². The normalized spacial score (nSPS) is 10.5. The zero-order chi connectivity index (χ0) is 15.7. The molecule has 21 heavy (non-hydrogen) atoms. The first-order chi connectivity index (χ1) is 9.81. The van der Waals surface area contributed by atoms with E-state index in [1.165, 1.54) is 0 Å². The Morgan fingerprint density at radius 2 is 1.76 bits per heavy atom. The van der Waals surface area contributed by atoms with Gasteiger partial charge in [-0.1, -0.05) is 15.9 Å². The van der Waals surface area contributed by atoms with E-state index >= 15 is 0 Å². The monoisotopic (exact) mass is 354 g/mol. The van der Waals surface area contributed by atoms with Crippen LogP contribution in [0.5, 0.6) is 0 Å². The van der Waals surface area contributed by atoms with Crippen LogP contribution in [0.25, 0.3) is 0 Å². The number of aryl methyl sites for hydroxylation is 2. The predicted molar refractivity (Wildman–Crippen MR) is 82.3 cm³/mol. The average Bonchev–Trinajstić information content (AvgIpc) is 2.40. The summed E-state index contributed by atoms with van der Waals surface area (Å²) >= 11 is 3.41. The number of rotatable bonds is 2. The Balaban J connectivity index is 2.37. The third kappa shape index (κ3) is 3.05. The van der Waals surface area contributed by atoms with Gasteiger partial charge in [-0.15, -0.1) is 0 Å². The molecule has 3 nitrogen and oxygen atoms in total. The molecule has 0 spiro atoms. The molecule has 0 aliphatic carbocycles. The Hall–Kier alpha value is -1.95. The van der Waals surface area contributed by atoms with E-state index in [4.69, 9.17) is 5.73 Å². The number of amides is 1. The summed E-state index contributed by atoms with van der Waals surface area (Å²) in [5.74, 6) is -2.89. The van der Waals surface area contributed by atoms with Gasteiger partial charge in [0, 0.05) is 10.2 Å². The summed E-state index contributed by atoms with van der Waals surface area (Å²) in [5, 5.41) is 2.48.